The van der Waals surface area contributed by atoms with Crippen LogP contribution in [-0.4, -0.2) is 54.1 Å². The topological polar surface area (TPSA) is 80.9 Å². The van der Waals surface area contributed by atoms with Crippen molar-refractivity contribution in [1.82, 2.24) is 14.9 Å². The van der Waals surface area contributed by atoms with Gasteiger partial charge >= 0.3 is 0 Å². The second-order valence-corrected chi connectivity index (χ2v) is 13.0. The Bertz CT molecular complexity index is 1420. The Morgan fingerprint density at radius 1 is 1.21 bits per heavy atom. The normalized spacial score (nSPS) is 20.5. The summed E-state index contributed by atoms with van der Waals surface area (Å²) in [6, 6.07) is 7.02. The van der Waals surface area contributed by atoms with E-state index in [2.05, 4.69) is 38.5 Å². The molecule has 0 radical (unpaired) electrons. The molecule has 6 rings (SSSR count). The highest BCUT2D eigenvalue weighted by Crippen LogP contribution is 2.50. The van der Waals surface area contributed by atoms with E-state index < -0.39 is 5.82 Å². The van der Waals surface area contributed by atoms with Crippen LogP contribution in [0, 0.1) is 34.1 Å². The summed E-state index contributed by atoms with van der Waals surface area (Å²) >= 11 is 2.38. The molecule has 1 saturated heterocycles. The molecule has 1 aliphatic carbocycles. The molecule has 224 valence electrons. The number of aryl methyl sites for hydroxylation is 1. The molecule has 1 aromatic carbocycles. The van der Waals surface area contributed by atoms with Crippen LogP contribution < -0.4 is 9.64 Å². The van der Waals surface area contributed by atoms with Gasteiger partial charge in [0.2, 0.25) is 5.91 Å². The molecule has 0 N–H and O–H groups in total. The first-order valence-electron chi connectivity index (χ1n) is 14.9. The molecule has 0 bridgehead atoms. The monoisotopic (exact) mass is 688 g/mol. The van der Waals surface area contributed by atoms with Crippen molar-refractivity contribution in [3.8, 4) is 5.75 Å². The van der Waals surface area contributed by atoms with Crippen LogP contribution in [0.25, 0.3) is 0 Å². The van der Waals surface area contributed by atoms with Gasteiger partial charge in [0.1, 0.15) is 23.1 Å². The van der Waals surface area contributed by atoms with Crippen molar-refractivity contribution in [3.63, 3.8) is 0 Å². The molecular weight excluding hydrogens is 650 g/mol. The second-order valence-electron chi connectivity index (χ2n) is 11.8. The van der Waals surface area contributed by atoms with Crippen molar-refractivity contribution in [3.05, 3.63) is 68.3 Å². The van der Waals surface area contributed by atoms with E-state index in [1.165, 1.54) is 28.9 Å². The molecule has 0 unspecified atom stereocenters. The first kappa shape index (κ1) is 29.3. The number of fused-ring (bicyclic) bond motifs is 1. The Hall–Kier alpha value is -2.73. The number of anilines is 1. The van der Waals surface area contributed by atoms with E-state index in [4.69, 9.17) is 18.9 Å². The minimum Gasteiger partial charge on any atom is -0.493 e. The molecule has 1 amide bonds. The Morgan fingerprint density at radius 2 is 2.05 bits per heavy atom. The summed E-state index contributed by atoms with van der Waals surface area (Å²) in [4.78, 5) is 26.0. The second kappa shape index (κ2) is 12.9. The Balaban J connectivity index is 0.919. The number of ether oxygens (including phenoxy) is 2. The molecule has 2 atom stereocenters. The largest absolute Gasteiger partial charge is 0.493 e. The number of halogens is 2. The highest BCUT2D eigenvalue weighted by Gasteiger charge is 2.43. The van der Waals surface area contributed by atoms with Crippen molar-refractivity contribution in [2.75, 3.05) is 38.3 Å². The number of aromatic nitrogens is 2. The predicted molar refractivity (Wildman–Crippen MR) is 165 cm³/mol. The van der Waals surface area contributed by atoms with E-state index in [-0.39, 0.29) is 12.3 Å². The zero-order valence-corrected chi connectivity index (χ0v) is 26.4. The van der Waals surface area contributed by atoms with Crippen LogP contribution in [0.15, 0.2) is 34.9 Å². The number of hydrogen-bond donors (Lipinski definition) is 0. The van der Waals surface area contributed by atoms with E-state index in [0.29, 0.717) is 55.8 Å². The van der Waals surface area contributed by atoms with Gasteiger partial charge in [-0.15, -0.1) is 0 Å². The lowest BCUT2D eigenvalue weighted by molar-refractivity contribution is -0.131. The van der Waals surface area contributed by atoms with Crippen LogP contribution in [0.1, 0.15) is 54.2 Å². The van der Waals surface area contributed by atoms with E-state index >= 15 is 0 Å². The standard InChI is InChI=1S/C32H38FIN4O4/c1-20-36-29-7-11-38(18-30(29)42-20)31(39)15-24-3-4-25(16-27(24)33)41-12-8-23-14-26(23)22-5-9-37(10-6-22)32-28(34)13-21(17-35-32)19-40-2/h3-4,13,16-17,22-23,26H,5-12,14-15,18-19H2,1-2H3/t23-,26-/m1/s1. The highest BCUT2D eigenvalue weighted by molar-refractivity contribution is 14.1. The minimum absolute atomic E-state index is 0.0193. The number of methoxy groups -OCH3 is 1. The van der Waals surface area contributed by atoms with Gasteiger partial charge in [0.25, 0.3) is 0 Å². The third-order valence-electron chi connectivity index (χ3n) is 8.93. The van der Waals surface area contributed by atoms with Crippen molar-refractivity contribution >= 4 is 34.3 Å². The number of piperidine rings is 1. The van der Waals surface area contributed by atoms with Gasteiger partial charge in [-0.25, -0.2) is 14.4 Å². The zero-order chi connectivity index (χ0) is 29.2. The quantitative estimate of drug-likeness (QED) is 0.253. The van der Waals surface area contributed by atoms with Crippen molar-refractivity contribution < 1.29 is 23.1 Å². The SMILES string of the molecule is COCc1cnc(N2CCC([C@H]3C[C@H]3CCOc3ccc(CC(=O)N4CCc5nc(C)oc5C4)c(F)c3)CC2)c(I)c1. The fourth-order valence-electron chi connectivity index (χ4n) is 6.57. The molecule has 10 heteroatoms. The number of carbonyl (C=O) groups is 1. The first-order valence-corrected chi connectivity index (χ1v) is 16.0. The van der Waals surface area contributed by atoms with Gasteiger partial charge in [0.15, 0.2) is 5.89 Å². The summed E-state index contributed by atoms with van der Waals surface area (Å²) in [6.07, 6.45) is 7.25. The number of pyridine rings is 1. The number of nitrogens with zero attached hydrogens (tertiary/aromatic N) is 4. The summed E-state index contributed by atoms with van der Waals surface area (Å²) in [5.41, 5.74) is 2.41. The van der Waals surface area contributed by atoms with E-state index in [1.807, 2.05) is 6.20 Å². The van der Waals surface area contributed by atoms with E-state index in [1.54, 1.807) is 31.1 Å². The molecule has 8 nitrogen and oxygen atoms in total. The lowest BCUT2D eigenvalue weighted by atomic mass is 9.90. The Labute approximate surface area is 260 Å². The summed E-state index contributed by atoms with van der Waals surface area (Å²) in [5.74, 6) is 4.65. The number of carbonyl (C=O) groups excluding carboxylic acids is 1. The van der Waals surface area contributed by atoms with E-state index in [0.717, 1.165) is 54.2 Å². The summed E-state index contributed by atoms with van der Waals surface area (Å²) in [6.45, 7) is 6.03. The third-order valence-corrected chi connectivity index (χ3v) is 9.72. The van der Waals surface area contributed by atoms with E-state index in [9.17, 15) is 9.18 Å². The molecular formula is C32H38FIN4O4. The van der Waals surface area contributed by atoms with Gasteiger partial charge in [0.05, 0.1) is 35.4 Å². The Kier molecular flexibility index (Phi) is 8.99. The number of rotatable bonds is 10. The first-order chi connectivity index (χ1) is 20.4. The molecule has 1 saturated carbocycles. The van der Waals surface area contributed by atoms with Gasteiger partial charge in [-0.2, -0.15) is 0 Å². The molecule has 2 aromatic heterocycles. The summed E-state index contributed by atoms with van der Waals surface area (Å²) in [5, 5.41) is 0. The third kappa shape index (κ3) is 6.74. The van der Waals surface area contributed by atoms with Crippen molar-refractivity contribution in [2.45, 2.75) is 58.6 Å². The van der Waals surface area contributed by atoms with Crippen molar-refractivity contribution in [1.29, 1.82) is 0 Å². The van der Waals surface area contributed by atoms with Gasteiger partial charge in [0, 0.05) is 52.4 Å². The van der Waals surface area contributed by atoms with Gasteiger partial charge < -0.3 is 23.7 Å². The van der Waals surface area contributed by atoms with Crippen LogP contribution in [-0.2, 0) is 35.5 Å². The van der Waals surface area contributed by atoms with Crippen molar-refractivity contribution in [2.24, 2.45) is 17.8 Å². The number of benzene rings is 1. The molecule has 0 spiro atoms. The molecule has 42 heavy (non-hydrogen) atoms. The van der Waals surface area contributed by atoms with Crippen LogP contribution in [0.3, 0.4) is 0 Å². The molecule has 3 aromatic rings. The lowest BCUT2D eigenvalue weighted by Crippen LogP contribution is -2.36. The maximum absolute atomic E-state index is 14.9. The smallest absolute Gasteiger partial charge is 0.227 e. The van der Waals surface area contributed by atoms with Gasteiger partial charge in [-0.3, -0.25) is 4.79 Å². The summed E-state index contributed by atoms with van der Waals surface area (Å²) < 4.78 is 32.8. The highest BCUT2D eigenvalue weighted by atomic mass is 127. The average Bonchev–Trinajstić information content (AvgIpc) is 3.65. The van der Waals surface area contributed by atoms with Gasteiger partial charge in [-0.05, 0) is 89.3 Å². The van der Waals surface area contributed by atoms with Crippen LogP contribution in [0.4, 0.5) is 10.2 Å². The minimum atomic E-state index is -0.400. The van der Waals surface area contributed by atoms with Crippen LogP contribution in [0.5, 0.6) is 5.75 Å². The number of hydrogen-bond acceptors (Lipinski definition) is 7. The molecule has 2 fully saturated rings. The average molecular weight is 689 g/mol. The zero-order valence-electron chi connectivity index (χ0n) is 24.3. The van der Waals surface area contributed by atoms with Crippen LogP contribution >= 0.6 is 22.6 Å². The maximum atomic E-state index is 14.9. The molecule has 4 heterocycles. The predicted octanol–water partition coefficient (Wildman–Crippen LogP) is 5.72. The fraction of sp³-hybridized carbons (Fsp3) is 0.531. The molecule has 2 aliphatic heterocycles. The fourth-order valence-corrected chi connectivity index (χ4v) is 7.45. The lowest BCUT2D eigenvalue weighted by Gasteiger charge is -2.33. The van der Waals surface area contributed by atoms with Crippen LogP contribution in [0.2, 0.25) is 0 Å². The Morgan fingerprint density at radius 3 is 2.81 bits per heavy atom. The number of amides is 1. The maximum Gasteiger partial charge on any atom is 0.227 e. The van der Waals surface area contributed by atoms with Gasteiger partial charge in [-0.1, -0.05) is 6.07 Å². The summed E-state index contributed by atoms with van der Waals surface area (Å²) in [7, 11) is 1.71. The number of oxazole rings is 1. The molecule has 3 aliphatic rings.